The molecule has 6 heteroatoms. The zero-order chi connectivity index (χ0) is 49.5. The van der Waals surface area contributed by atoms with Gasteiger partial charge in [0.05, 0.1) is 0 Å². The van der Waals surface area contributed by atoms with Crippen molar-refractivity contribution < 1.29 is 28.6 Å². The molecule has 0 aliphatic heterocycles. The predicted octanol–water partition coefficient (Wildman–Crippen LogP) is 20.6. The summed E-state index contributed by atoms with van der Waals surface area (Å²) in [5, 5.41) is 0. The fourth-order valence-corrected chi connectivity index (χ4v) is 9.63. The molecule has 1 atom stereocenters. The second kappa shape index (κ2) is 56.3. The SMILES string of the molecule is CCCCCCCCCCCCCCCCCCCC(=O)O[C@H](COC(=O)CCCCCCCCCCCCCC)COC(=O)CCCCCCCCCCCCCCCCCCCCC(C)C. The molecule has 0 N–H and O–H groups in total. The molecule has 0 heterocycles. The van der Waals surface area contributed by atoms with E-state index in [1.807, 2.05) is 0 Å². The Morgan fingerprint density at radius 3 is 0.721 bits per heavy atom. The molecule has 0 radical (unpaired) electrons. The van der Waals surface area contributed by atoms with E-state index in [9.17, 15) is 14.4 Å². The van der Waals surface area contributed by atoms with Crippen LogP contribution in [0.2, 0.25) is 0 Å². The van der Waals surface area contributed by atoms with Crippen LogP contribution in [-0.4, -0.2) is 37.2 Å². The Hall–Kier alpha value is -1.59. The van der Waals surface area contributed by atoms with Crippen LogP contribution >= 0.6 is 0 Å². The van der Waals surface area contributed by atoms with Crippen LogP contribution in [0.1, 0.15) is 355 Å². The van der Waals surface area contributed by atoms with E-state index in [0.29, 0.717) is 19.3 Å². The second-order valence-corrected chi connectivity index (χ2v) is 21.8. The summed E-state index contributed by atoms with van der Waals surface area (Å²) in [7, 11) is 0. The number of esters is 3. The lowest BCUT2D eigenvalue weighted by Crippen LogP contribution is -2.30. The van der Waals surface area contributed by atoms with Crippen LogP contribution in [0.25, 0.3) is 0 Å². The summed E-state index contributed by atoms with van der Waals surface area (Å²) in [6.45, 7) is 9.09. The zero-order valence-electron chi connectivity index (χ0n) is 46.6. The van der Waals surface area contributed by atoms with Gasteiger partial charge in [-0.15, -0.1) is 0 Å². The van der Waals surface area contributed by atoms with E-state index in [1.165, 1.54) is 250 Å². The third-order valence-corrected chi connectivity index (χ3v) is 14.3. The van der Waals surface area contributed by atoms with Gasteiger partial charge >= 0.3 is 17.9 Å². The van der Waals surface area contributed by atoms with Crippen LogP contribution < -0.4 is 0 Å². The highest BCUT2D eigenvalue weighted by atomic mass is 16.6. The lowest BCUT2D eigenvalue weighted by atomic mass is 10.0. The van der Waals surface area contributed by atoms with Crippen molar-refractivity contribution in [3.63, 3.8) is 0 Å². The minimum absolute atomic E-state index is 0.0613. The first-order chi connectivity index (χ1) is 33.4. The maximum atomic E-state index is 12.9. The number of unbranched alkanes of at least 4 members (excludes halogenated alkanes) is 44. The van der Waals surface area contributed by atoms with Gasteiger partial charge < -0.3 is 14.2 Å². The molecule has 68 heavy (non-hydrogen) atoms. The smallest absolute Gasteiger partial charge is 0.306 e. The van der Waals surface area contributed by atoms with Gasteiger partial charge in [-0.1, -0.05) is 317 Å². The molecule has 0 aromatic carbocycles. The van der Waals surface area contributed by atoms with E-state index < -0.39 is 6.10 Å². The van der Waals surface area contributed by atoms with Crippen LogP contribution in [0.4, 0.5) is 0 Å². The molecule has 0 aliphatic carbocycles. The Morgan fingerprint density at radius 1 is 0.279 bits per heavy atom. The quantitative estimate of drug-likeness (QED) is 0.0343. The Morgan fingerprint density at radius 2 is 0.485 bits per heavy atom. The van der Waals surface area contributed by atoms with Crippen molar-refractivity contribution in [3.8, 4) is 0 Å². The highest BCUT2D eigenvalue weighted by Gasteiger charge is 2.19. The van der Waals surface area contributed by atoms with E-state index in [-0.39, 0.29) is 31.1 Å². The van der Waals surface area contributed by atoms with Crippen molar-refractivity contribution in [2.75, 3.05) is 13.2 Å². The fraction of sp³-hybridized carbons (Fsp3) is 0.952. The molecule has 0 rings (SSSR count). The molecular weight excluding hydrogens is 841 g/mol. The second-order valence-electron chi connectivity index (χ2n) is 21.8. The largest absolute Gasteiger partial charge is 0.462 e. The van der Waals surface area contributed by atoms with Gasteiger partial charge in [0.2, 0.25) is 0 Å². The van der Waals surface area contributed by atoms with Crippen LogP contribution in [0.5, 0.6) is 0 Å². The molecule has 0 spiro atoms. The average Bonchev–Trinajstić information content (AvgIpc) is 3.32. The Labute approximate surface area is 425 Å². The fourth-order valence-electron chi connectivity index (χ4n) is 9.63. The van der Waals surface area contributed by atoms with E-state index in [0.717, 1.165) is 63.7 Å². The molecule has 404 valence electrons. The number of hydrogen-bond acceptors (Lipinski definition) is 6. The van der Waals surface area contributed by atoms with Crippen molar-refractivity contribution >= 4 is 17.9 Å². The van der Waals surface area contributed by atoms with Crippen LogP contribution in [0, 0.1) is 5.92 Å². The van der Waals surface area contributed by atoms with Crippen LogP contribution in [-0.2, 0) is 28.6 Å². The van der Waals surface area contributed by atoms with Gasteiger partial charge in [0.1, 0.15) is 13.2 Å². The van der Waals surface area contributed by atoms with Gasteiger partial charge in [0.25, 0.3) is 0 Å². The lowest BCUT2D eigenvalue weighted by Gasteiger charge is -2.18. The molecule has 0 unspecified atom stereocenters. The first-order valence-electron chi connectivity index (χ1n) is 30.9. The monoisotopic (exact) mass is 961 g/mol. The van der Waals surface area contributed by atoms with Crippen molar-refractivity contribution in [1.29, 1.82) is 0 Å². The minimum Gasteiger partial charge on any atom is -0.462 e. The Kier molecular flexibility index (Phi) is 55.0. The van der Waals surface area contributed by atoms with Gasteiger partial charge in [-0.3, -0.25) is 14.4 Å². The minimum atomic E-state index is -0.762. The van der Waals surface area contributed by atoms with Crippen molar-refractivity contribution in [3.05, 3.63) is 0 Å². The third-order valence-electron chi connectivity index (χ3n) is 14.3. The molecule has 6 nitrogen and oxygen atoms in total. The number of rotatable bonds is 57. The van der Waals surface area contributed by atoms with E-state index in [4.69, 9.17) is 14.2 Å². The summed E-state index contributed by atoms with van der Waals surface area (Å²) in [6.07, 6.45) is 62.4. The lowest BCUT2D eigenvalue weighted by molar-refractivity contribution is -0.167. The molecule has 0 saturated carbocycles. The molecule has 0 fully saturated rings. The number of carbonyl (C=O) groups is 3. The van der Waals surface area contributed by atoms with E-state index in [1.54, 1.807) is 0 Å². The van der Waals surface area contributed by atoms with Gasteiger partial charge in [-0.25, -0.2) is 0 Å². The molecule has 0 amide bonds. The summed E-state index contributed by atoms with van der Waals surface area (Å²) in [4.78, 5) is 38.2. The molecule has 0 aromatic heterocycles. The highest BCUT2D eigenvalue weighted by molar-refractivity contribution is 5.71. The molecule has 0 aromatic rings. The Bertz CT molecular complexity index is 1030. The van der Waals surface area contributed by atoms with Crippen molar-refractivity contribution in [2.24, 2.45) is 5.92 Å². The maximum Gasteiger partial charge on any atom is 0.306 e. The van der Waals surface area contributed by atoms with Crippen LogP contribution in [0.15, 0.2) is 0 Å². The Balaban J connectivity index is 4.23. The number of ether oxygens (including phenoxy) is 3. The van der Waals surface area contributed by atoms with Gasteiger partial charge in [0.15, 0.2) is 6.10 Å². The molecule has 0 aliphatic rings. The molecule has 0 saturated heterocycles. The summed E-state index contributed by atoms with van der Waals surface area (Å²) in [6, 6.07) is 0. The van der Waals surface area contributed by atoms with Gasteiger partial charge in [0, 0.05) is 19.3 Å². The summed E-state index contributed by atoms with van der Waals surface area (Å²) < 4.78 is 16.9. The first-order valence-corrected chi connectivity index (χ1v) is 30.9. The topological polar surface area (TPSA) is 78.9 Å². The average molecular weight is 962 g/mol. The normalized spacial score (nSPS) is 12.0. The van der Waals surface area contributed by atoms with Crippen molar-refractivity contribution in [1.82, 2.24) is 0 Å². The third kappa shape index (κ3) is 55.3. The zero-order valence-corrected chi connectivity index (χ0v) is 46.6. The number of carbonyl (C=O) groups excluding carboxylic acids is 3. The van der Waals surface area contributed by atoms with E-state index in [2.05, 4.69) is 27.7 Å². The first kappa shape index (κ1) is 66.4. The van der Waals surface area contributed by atoms with Gasteiger partial charge in [-0.05, 0) is 25.2 Å². The summed E-state index contributed by atoms with van der Waals surface area (Å²) in [5.74, 6) is 0.0285. The molecular formula is C62H120O6. The summed E-state index contributed by atoms with van der Waals surface area (Å²) in [5.41, 5.74) is 0. The standard InChI is InChI=1S/C62H120O6/c1-5-7-9-11-13-15-17-19-20-23-28-31-35-39-43-47-51-55-62(65)68-59(56-66-60(63)53-49-45-41-37-33-18-16-14-12-10-8-6-2)57-67-61(64)54-50-46-42-38-34-30-27-25-22-21-24-26-29-32-36-40-44-48-52-58(3)4/h58-59H,5-57H2,1-4H3/t59-/m1/s1. The van der Waals surface area contributed by atoms with Crippen molar-refractivity contribution in [2.45, 2.75) is 361 Å². The van der Waals surface area contributed by atoms with Gasteiger partial charge in [-0.2, -0.15) is 0 Å². The maximum absolute atomic E-state index is 12.9. The highest BCUT2D eigenvalue weighted by Crippen LogP contribution is 2.18. The van der Waals surface area contributed by atoms with E-state index >= 15 is 0 Å². The number of hydrogen-bond donors (Lipinski definition) is 0. The van der Waals surface area contributed by atoms with Crippen LogP contribution in [0.3, 0.4) is 0 Å². The predicted molar refractivity (Wildman–Crippen MR) is 293 cm³/mol. The summed E-state index contributed by atoms with van der Waals surface area (Å²) >= 11 is 0. The molecule has 0 bridgehead atoms.